The maximum atomic E-state index is 12.7. The standard InChI is InChI=1S/C17H18OS/c1-12(2)13-8-4-5-10-15(17(13)18)14-9-6-7-11-16(14)19-3/h4-12H,1-3H3. The van der Waals surface area contributed by atoms with Crippen LogP contribution in [0.2, 0.25) is 0 Å². The van der Waals surface area contributed by atoms with Crippen LogP contribution in [0.5, 0.6) is 0 Å². The molecule has 2 aromatic rings. The van der Waals surface area contributed by atoms with E-state index in [-0.39, 0.29) is 11.3 Å². The zero-order valence-electron chi connectivity index (χ0n) is 11.5. The molecular weight excluding hydrogens is 252 g/mol. The Morgan fingerprint density at radius 3 is 2.11 bits per heavy atom. The van der Waals surface area contributed by atoms with Gasteiger partial charge < -0.3 is 0 Å². The molecule has 0 radical (unpaired) electrons. The first kappa shape index (κ1) is 13.9. The van der Waals surface area contributed by atoms with E-state index in [0.29, 0.717) is 0 Å². The largest absolute Gasteiger partial charge is 0.289 e. The molecule has 0 heterocycles. The highest BCUT2D eigenvalue weighted by atomic mass is 32.2. The first-order valence-electron chi connectivity index (χ1n) is 6.41. The van der Waals surface area contributed by atoms with E-state index in [1.54, 1.807) is 11.8 Å². The zero-order chi connectivity index (χ0) is 13.8. The van der Waals surface area contributed by atoms with Crippen molar-refractivity contribution in [3.8, 4) is 11.1 Å². The Bertz CT molecular complexity index is 632. The van der Waals surface area contributed by atoms with Crippen LogP contribution in [0.3, 0.4) is 0 Å². The predicted molar refractivity (Wildman–Crippen MR) is 84.0 cm³/mol. The van der Waals surface area contributed by atoms with Crippen LogP contribution in [0.25, 0.3) is 11.1 Å². The van der Waals surface area contributed by atoms with Crippen molar-refractivity contribution in [2.75, 3.05) is 6.26 Å². The van der Waals surface area contributed by atoms with Crippen LogP contribution in [0.1, 0.15) is 25.3 Å². The number of hydrogen-bond donors (Lipinski definition) is 0. The summed E-state index contributed by atoms with van der Waals surface area (Å²) in [6.45, 7) is 4.11. The molecule has 2 aromatic carbocycles. The van der Waals surface area contributed by atoms with Gasteiger partial charge in [0.2, 0.25) is 0 Å². The molecule has 0 atom stereocenters. The fraction of sp³-hybridized carbons (Fsp3) is 0.235. The van der Waals surface area contributed by atoms with Crippen LogP contribution in [-0.2, 0) is 0 Å². The third-order valence-electron chi connectivity index (χ3n) is 3.18. The summed E-state index contributed by atoms with van der Waals surface area (Å²) in [5.41, 5.74) is 2.83. The smallest absolute Gasteiger partial charge is 0.189 e. The summed E-state index contributed by atoms with van der Waals surface area (Å²) in [5, 5.41) is 0. The molecule has 0 unspecified atom stereocenters. The molecule has 0 spiro atoms. The first-order chi connectivity index (χ1) is 9.15. The van der Waals surface area contributed by atoms with Crippen LogP contribution >= 0.6 is 11.8 Å². The van der Waals surface area contributed by atoms with Crippen LogP contribution in [0, 0.1) is 0 Å². The number of rotatable bonds is 3. The molecule has 0 saturated heterocycles. The van der Waals surface area contributed by atoms with Crippen molar-refractivity contribution < 1.29 is 0 Å². The molecule has 0 fully saturated rings. The zero-order valence-corrected chi connectivity index (χ0v) is 12.3. The van der Waals surface area contributed by atoms with Crippen LogP contribution < -0.4 is 5.43 Å². The monoisotopic (exact) mass is 270 g/mol. The van der Waals surface area contributed by atoms with Gasteiger partial charge in [-0.1, -0.05) is 56.3 Å². The number of benzene rings is 1. The highest BCUT2D eigenvalue weighted by Gasteiger charge is 2.11. The Balaban J connectivity index is 2.74. The Hall–Kier alpha value is -1.54. The molecule has 0 N–H and O–H groups in total. The quantitative estimate of drug-likeness (QED) is 0.761. The molecule has 0 aliphatic heterocycles. The Morgan fingerprint density at radius 1 is 0.895 bits per heavy atom. The summed E-state index contributed by atoms with van der Waals surface area (Å²) in [6, 6.07) is 15.8. The highest BCUT2D eigenvalue weighted by Crippen LogP contribution is 2.28. The first-order valence-corrected chi connectivity index (χ1v) is 7.64. The minimum Gasteiger partial charge on any atom is -0.289 e. The third-order valence-corrected chi connectivity index (χ3v) is 3.97. The van der Waals surface area contributed by atoms with Crippen molar-refractivity contribution in [3.05, 3.63) is 64.3 Å². The summed E-state index contributed by atoms with van der Waals surface area (Å²) < 4.78 is 0. The second kappa shape index (κ2) is 6.07. The van der Waals surface area contributed by atoms with Crippen molar-refractivity contribution in [1.29, 1.82) is 0 Å². The van der Waals surface area contributed by atoms with E-state index in [0.717, 1.165) is 21.6 Å². The molecule has 0 saturated carbocycles. The van der Waals surface area contributed by atoms with Gasteiger partial charge in [0.25, 0.3) is 0 Å². The fourth-order valence-electron chi connectivity index (χ4n) is 2.15. The summed E-state index contributed by atoms with van der Waals surface area (Å²) in [6.07, 6.45) is 2.04. The predicted octanol–water partition coefficient (Wildman–Crippen LogP) is 4.56. The third kappa shape index (κ3) is 2.90. The SMILES string of the molecule is CSc1ccccc1-c1ccccc(C(C)C)c1=O. The second-order valence-electron chi connectivity index (χ2n) is 4.77. The van der Waals surface area contributed by atoms with Crippen LogP contribution in [0.15, 0.2) is 58.2 Å². The van der Waals surface area contributed by atoms with E-state index in [1.165, 1.54) is 0 Å². The Labute approximate surface area is 118 Å². The molecule has 0 aliphatic rings. The van der Waals surface area contributed by atoms with E-state index in [9.17, 15) is 4.79 Å². The van der Waals surface area contributed by atoms with Gasteiger partial charge in [0, 0.05) is 16.0 Å². The second-order valence-corrected chi connectivity index (χ2v) is 5.62. The lowest BCUT2D eigenvalue weighted by atomic mass is 10.0. The Morgan fingerprint density at radius 2 is 1.47 bits per heavy atom. The minimum absolute atomic E-state index is 0.140. The lowest BCUT2D eigenvalue weighted by molar-refractivity contribution is 0.860. The van der Waals surface area contributed by atoms with E-state index in [4.69, 9.17) is 0 Å². The number of hydrogen-bond acceptors (Lipinski definition) is 2. The average Bonchev–Trinajstić information content (AvgIpc) is 2.60. The maximum Gasteiger partial charge on any atom is 0.189 e. The highest BCUT2D eigenvalue weighted by molar-refractivity contribution is 7.98. The molecule has 2 rings (SSSR count). The van der Waals surface area contributed by atoms with Crippen molar-refractivity contribution >= 4 is 11.8 Å². The van der Waals surface area contributed by atoms with Crippen LogP contribution in [0.4, 0.5) is 0 Å². The lowest BCUT2D eigenvalue weighted by Gasteiger charge is -2.07. The van der Waals surface area contributed by atoms with E-state index in [2.05, 4.69) is 19.9 Å². The van der Waals surface area contributed by atoms with Crippen molar-refractivity contribution in [1.82, 2.24) is 0 Å². The molecule has 0 aromatic heterocycles. The van der Waals surface area contributed by atoms with Crippen molar-refractivity contribution in [3.63, 3.8) is 0 Å². The average molecular weight is 270 g/mol. The molecule has 98 valence electrons. The van der Waals surface area contributed by atoms with Gasteiger partial charge in [-0.3, -0.25) is 4.79 Å². The van der Waals surface area contributed by atoms with Gasteiger partial charge >= 0.3 is 0 Å². The molecular formula is C17H18OS. The minimum atomic E-state index is 0.140. The maximum absolute atomic E-state index is 12.7. The molecule has 0 aliphatic carbocycles. The van der Waals surface area contributed by atoms with Gasteiger partial charge in [0.05, 0.1) is 0 Å². The van der Waals surface area contributed by atoms with Gasteiger partial charge in [0.15, 0.2) is 5.43 Å². The fourth-order valence-corrected chi connectivity index (χ4v) is 2.76. The van der Waals surface area contributed by atoms with Gasteiger partial charge in [-0.2, -0.15) is 0 Å². The summed E-state index contributed by atoms with van der Waals surface area (Å²) in [4.78, 5) is 13.8. The topological polar surface area (TPSA) is 17.1 Å². The van der Waals surface area contributed by atoms with E-state index in [1.807, 2.05) is 48.7 Å². The molecule has 0 bridgehead atoms. The van der Waals surface area contributed by atoms with Gasteiger partial charge in [-0.25, -0.2) is 0 Å². The van der Waals surface area contributed by atoms with Gasteiger partial charge in [-0.05, 0) is 23.8 Å². The lowest BCUT2D eigenvalue weighted by Crippen LogP contribution is -2.10. The summed E-state index contributed by atoms with van der Waals surface area (Å²) in [5.74, 6) is 0.236. The summed E-state index contributed by atoms with van der Waals surface area (Å²) >= 11 is 1.67. The Kier molecular flexibility index (Phi) is 4.43. The number of thioether (sulfide) groups is 1. The van der Waals surface area contributed by atoms with Gasteiger partial charge in [-0.15, -0.1) is 11.8 Å². The molecule has 0 amide bonds. The normalized spacial score (nSPS) is 10.7. The van der Waals surface area contributed by atoms with Crippen LogP contribution in [-0.4, -0.2) is 6.26 Å². The van der Waals surface area contributed by atoms with Gasteiger partial charge in [0.1, 0.15) is 0 Å². The van der Waals surface area contributed by atoms with Crippen molar-refractivity contribution in [2.45, 2.75) is 24.7 Å². The molecule has 19 heavy (non-hydrogen) atoms. The molecule has 2 heteroatoms. The summed E-state index contributed by atoms with van der Waals surface area (Å²) in [7, 11) is 0. The van der Waals surface area contributed by atoms with E-state index < -0.39 is 0 Å². The van der Waals surface area contributed by atoms with Crippen molar-refractivity contribution in [2.24, 2.45) is 0 Å². The molecule has 1 nitrogen and oxygen atoms in total. The van der Waals surface area contributed by atoms with E-state index >= 15 is 0 Å².